The molecule has 11 nitrogen and oxygen atoms in total. The number of hydrogen-bond donors (Lipinski definition) is 3. The Kier molecular flexibility index (Phi) is 12.5. The zero-order valence-corrected chi connectivity index (χ0v) is 31.1. The van der Waals surface area contributed by atoms with Gasteiger partial charge in [-0.05, 0) is 59.8 Å². The van der Waals surface area contributed by atoms with Gasteiger partial charge in [0.05, 0.1) is 13.0 Å². The topological polar surface area (TPSA) is 147 Å². The van der Waals surface area contributed by atoms with Crippen LogP contribution in [0.1, 0.15) is 98.4 Å². The lowest BCUT2D eigenvalue weighted by atomic mass is 9.86. The third kappa shape index (κ3) is 8.78. The van der Waals surface area contributed by atoms with Gasteiger partial charge in [0.15, 0.2) is 0 Å². The summed E-state index contributed by atoms with van der Waals surface area (Å²) in [6.07, 6.45) is 1.18. The van der Waals surface area contributed by atoms with Gasteiger partial charge in [-0.3, -0.25) is 14.4 Å². The molecule has 2 aromatic carbocycles. The normalized spacial score (nSPS) is 18.7. The van der Waals surface area contributed by atoms with Crippen molar-refractivity contribution in [3.63, 3.8) is 0 Å². The van der Waals surface area contributed by atoms with Gasteiger partial charge in [-0.1, -0.05) is 76.2 Å². The number of rotatable bonds is 13. The Bertz CT molecular complexity index is 1650. The third-order valence-electron chi connectivity index (χ3n) is 10.3. The largest absolute Gasteiger partial charge is 0.469 e. The van der Waals surface area contributed by atoms with Crippen molar-refractivity contribution in [1.82, 2.24) is 20.5 Å². The highest BCUT2D eigenvalue weighted by Crippen LogP contribution is 2.44. The maximum absolute atomic E-state index is 13.9. The van der Waals surface area contributed by atoms with Crippen LogP contribution < -0.4 is 10.6 Å². The van der Waals surface area contributed by atoms with Crippen LogP contribution in [0.3, 0.4) is 0 Å². The number of aliphatic hydroxyl groups is 1. The molecule has 1 heterocycles. The lowest BCUT2D eigenvalue weighted by Gasteiger charge is -2.36. The maximum Gasteiger partial charge on any atom is 0.407 e. The van der Waals surface area contributed by atoms with Crippen LogP contribution in [0, 0.1) is 17.8 Å². The fraction of sp³-hybridized carbons (Fsp3) is 0.513. The van der Waals surface area contributed by atoms with Gasteiger partial charge >= 0.3 is 12.1 Å². The first-order valence-electron chi connectivity index (χ1n) is 17.8. The van der Waals surface area contributed by atoms with E-state index in [0.29, 0.717) is 30.7 Å². The van der Waals surface area contributed by atoms with E-state index in [9.17, 15) is 24.3 Å². The van der Waals surface area contributed by atoms with Crippen molar-refractivity contribution in [3.05, 3.63) is 75.7 Å². The summed E-state index contributed by atoms with van der Waals surface area (Å²) >= 11 is 1.20. The van der Waals surface area contributed by atoms with Crippen LogP contribution in [0.2, 0.25) is 0 Å². The van der Waals surface area contributed by atoms with E-state index in [1.807, 2.05) is 52.0 Å². The van der Waals surface area contributed by atoms with E-state index < -0.39 is 18.2 Å². The summed E-state index contributed by atoms with van der Waals surface area (Å²) in [5, 5.41) is 19.1. The molecular weight excluding hydrogens is 669 g/mol. The van der Waals surface area contributed by atoms with Gasteiger partial charge in [-0.15, -0.1) is 11.3 Å². The number of amides is 3. The number of thiazole rings is 1. The molecule has 5 rings (SSSR count). The van der Waals surface area contributed by atoms with Crippen molar-refractivity contribution >= 4 is 35.2 Å². The molecule has 0 unspecified atom stereocenters. The number of aliphatic hydroxyl groups excluding tert-OH is 1. The molecule has 3 N–H and O–H groups in total. The van der Waals surface area contributed by atoms with E-state index in [1.54, 1.807) is 17.3 Å². The minimum absolute atomic E-state index is 0.0290. The number of nitrogens with zero attached hydrogens (tertiary/aromatic N) is 2. The maximum atomic E-state index is 13.9. The Balaban J connectivity index is 1.16. The van der Waals surface area contributed by atoms with Gasteiger partial charge < -0.3 is 30.1 Å². The monoisotopic (exact) mass is 718 g/mol. The smallest absolute Gasteiger partial charge is 0.407 e. The number of carbonyl (C=O) groups is 4. The predicted molar refractivity (Wildman–Crippen MR) is 195 cm³/mol. The molecular formula is C39H50N4O7S. The van der Waals surface area contributed by atoms with E-state index in [2.05, 4.69) is 39.9 Å². The van der Waals surface area contributed by atoms with Crippen LogP contribution in [-0.2, 0) is 19.1 Å². The molecule has 0 bridgehead atoms. The van der Waals surface area contributed by atoms with Crippen molar-refractivity contribution in [3.8, 4) is 11.1 Å². The number of methoxy groups -OCH3 is 1. The molecule has 0 saturated heterocycles. The highest BCUT2D eigenvalue weighted by molar-refractivity contribution is 7.09. The summed E-state index contributed by atoms with van der Waals surface area (Å²) < 4.78 is 10.6. The second-order valence-electron chi connectivity index (χ2n) is 14.3. The van der Waals surface area contributed by atoms with Crippen molar-refractivity contribution in [2.45, 2.75) is 89.9 Å². The molecule has 3 amide bonds. The molecule has 1 fully saturated rings. The van der Waals surface area contributed by atoms with Crippen LogP contribution in [0.5, 0.6) is 0 Å². The molecule has 51 heavy (non-hydrogen) atoms. The Labute approximate surface area is 304 Å². The lowest BCUT2D eigenvalue weighted by molar-refractivity contribution is -0.146. The number of benzene rings is 2. The second-order valence-corrected chi connectivity index (χ2v) is 15.2. The van der Waals surface area contributed by atoms with Gasteiger partial charge in [-0.2, -0.15) is 0 Å². The van der Waals surface area contributed by atoms with E-state index in [-0.39, 0.29) is 72.3 Å². The third-order valence-corrected chi connectivity index (χ3v) is 11.2. The van der Waals surface area contributed by atoms with Crippen LogP contribution >= 0.6 is 11.3 Å². The van der Waals surface area contributed by atoms with E-state index in [4.69, 9.17) is 9.47 Å². The average Bonchev–Trinajstić information content (AvgIpc) is 3.75. The number of ether oxygens (including phenoxy) is 2. The van der Waals surface area contributed by atoms with Crippen LogP contribution in [0.4, 0.5) is 4.79 Å². The van der Waals surface area contributed by atoms with Crippen molar-refractivity contribution in [2.75, 3.05) is 20.8 Å². The van der Waals surface area contributed by atoms with Gasteiger partial charge in [-0.25, -0.2) is 9.78 Å². The van der Waals surface area contributed by atoms with E-state index in [1.165, 1.54) is 18.4 Å². The molecule has 3 aromatic rings. The Morgan fingerprint density at radius 2 is 1.55 bits per heavy atom. The number of hydrogen-bond acceptors (Lipinski definition) is 9. The van der Waals surface area contributed by atoms with E-state index >= 15 is 0 Å². The molecule has 3 atom stereocenters. The highest BCUT2D eigenvalue weighted by Gasteiger charge is 2.35. The number of nitrogens with one attached hydrogen (secondary N) is 2. The quantitative estimate of drug-likeness (QED) is 0.181. The first-order chi connectivity index (χ1) is 24.4. The van der Waals surface area contributed by atoms with Gasteiger partial charge in [0.1, 0.15) is 29.5 Å². The predicted octanol–water partition coefficient (Wildman–Crippen LogP) is 6.07. The van der Waals surface area contributed by atoms with Crippen LogP contribution in [-0.4, -0.2) is 77.8 Å². The van der Waals surface area contributed by atoms with Crippen molar-refractivity contribution in [2.24, 2.45) is 17.8 Å². The first kappa shape index (κ1) is 38.0. The summed E-state index contributed by atoms with van der Waals surface area (Å²) in [6, 6.07) is 14.9. The molecule has 0 radical (unpaired) electrons. The minimum atomic E-state index is -1.01. The highest BCUT2D eigenvalue weighted by atomic mass is 32.1. The zero-order valence-electron chi connectivity index (χ0n) is 30.3. The number of aromatic nitrogens is 1. The number of esters is 1. The molecule has 2 aliphatic carbocycles. The van der Waals surface area contributed by atoms with Gasteiger partial charge in [0.25, 0.3) is 5.91 Å². The molecule has 1 aromatic heterocycles. The van der Waals surface area contributed by atoms with Crippen molar-refractivity contribution in [1.29, 1.82) is 0 Å². The fourth-order valence-electron chi connectivity index (χ4n) is 7.31. The Morgan fingerprint density at radius 1 is 0.941 bits per heavy atom. The summed E-state index contributed by atoms with van der Waals surface area (Å²) in [5.74, 6) is -1.31. The molecule has 0 spiro atoms. The summed E-state index contributed by atoms with van der Waals surface area (Å²) in [6.45, 7) is 7.82. The SMILES string of the molecule is COC(=O)[C@H]1CC[C@H](NC(=O)c2csc([C@H](O)C[C@H](C(C)C)N(C)C(=O)[C@@H](NC(=O)OCC3c4ccccc4-c4ccccc43)C(C)C)n2)CC1. The molecule has 0 aliphatic heterocycles. The van der Waals surface area contributed by atoms with Gasteiger partial charge in [0.2, 0.25) is 5.91 Å². The Hall–Kier alpha value is -4.29. The first-order valence-corrected chi connectivity index (χ1v) is 18.7. The van der Waals surface area contributed by atoms with Crippen LogP contribution in [0.25, 0.3) is 11.1 Å². The fourth-order valence-corrected chi connectivity index (χ4v) is 8.11. The zero-order chi connectivity index (χ0) is 36.8. The van der Waals surface area contributed by atoms with E-state index in [0.717, 1.165) is 22.3 Å². The molecule has 1 saturated carbocycles. The summed E-state index contributed by atoms with van der Waals surface area (Å²) in [5.41, 5.74) is 4.70. The molecule has 2 aliphatic rings. The minimum Gasteiger partial charge on any atom is -0.469 e. The van der Waals surface area contributed by atoms with Gasteiger partial charge in [0, 0.05) is 36.9 Å². The number of alkyl carbamates (subject to hydrolysis) is 1. The van der Waals surface area contributed by atoms with Crippen LogP contribution in [0.15, 0.2) is 53.9 Å². The molecule has 12 heteroatoms. The molecule has 274 valence electrons. The average molecular weight is 719 g/mol. The number of fused-ring (bicyclic) bond motifs is 3. The summed E-state index contributed by atoms with van der Waals surface area (Å²) in [7, 11) is 3.07. The standard InChI is InChI=1S/C39H50N4O7S/c1-22(2)32(19-33(44)36-41-31(21-51-36)35(45)40-25-17-15-24(16-18-25)38(47)49-6)43(5)37(46)34(23(3)4)42-39(48)50-20-30-28-13-9-7-11-26(28)27-12-8-10-14-29(27)30/h7-14,21-25,30,32-34,44H,15-20H2,1-6H3,(H,40,45)(H,42,48)/t24-,25-,32-,33-,34+/m1/s1. The number of carbonyl (C=O) groups excluding carboxylic acids is 4. The summed E-state index contributed by atoms with van der Waals surface area (Å²) in [4.78, 5) is 57.9. The second kappa shape index (κ2) is 16.8. The number of likely N-dealkylation sites (N-methyl/N-ethyl adjacent to an activating group) is 1. The Morgan fingerprint density at radius 3 is 2.12 bits per heavy atom. The lowest BCUT2D eigenvalue weighted by Crippen LogP contribution is -2.54. The van der Waals surface area contributed by atoms with Crippen molar-refractivity contribution < 1.29 is 33.8 Å².